The van der Waals surface area contributed by atoms with Gasteiger partial charge < -0.3 is 20.5 Å². The number of rotatable bonds is 9. The molecule has 1 aromatic heterocycles. The molecule has 1 saturated heterocycles. The van der Waals surface area contributed by atoms with Gasteiger partial charge in [0.1, 0.15) is 11.4 Å². The average Bonchev–Trinajstić information content (AvgIpc) is 2.87. The highest BCUT2D eigenvalue weighted by Crippen LogP contribution is 2.32. The van der Waals surface area contributed by atoms with Crippen LogP contribution in [0.5, 0.6) is 0 Å². The number of sulfonamides is 1. The first-order chi connectivity index (χ1) is 18.7. The van der Waals surface area contributed by atoms with Crippen molar-refractivity contribution in [3.8, 4) is 6.07 Å². The largest absolute Gasteiger partial charge is 0.389 e. The van der Waals surface area contributed by atoms with Crippen LogP contribution in [0.25, 0.3) is 0 Å². The molecular weight excluding hydrogens is 551 g/mol. The number of carbonyl (C=O) groups excluding carboxylic acids is 1. The SMILES string of the molecule is CN(C)S(=O)(=O)c1ccc(NC(=N)c2c(NC3(CC#N)CCN(C(=O)CCC(F)(F)F)CC3)cc[nH]c2=O)cc1. The van der Waals surface area contributed by atoms with Crippen molar-refractivity contribution >= 4 is 33.1 Å². The van der Waals surface area contributed by atoms with Crippen LogP contribution in [-0.4, -0.2) is 73.2 Å². The first kappa shape index (κ1) is 30.6. The van der Waals surface area contributed by atoms with Gasteiger partial charge in [-0.1, -0.05) is 0 Å². The molecule has 40 heavy (non-hydrogen) atoms. The number of likely N-dealkylation sites (tertiary alicyclic amines) is 1. The molecule has 15 heteroatoms. The summed E-state index contributed by atoms with van der Waals surface area (Å²) in [6, 6.07) is 9.27. The van der Waals surface area contributed by atoms with E-state index in [1.807, 2.05) is 0 Å². The number of halogens is 3. The second-order valence-electron chi connectivity index (χ2n) is 9.64. The number of anilines is 2. The van der Waals surface area contributed by atoms with Gasteiger partial charge in [-0.2, -0.15) is 18.4 Å². The third-order valence-electron chi connectivity index (χ3n) is 6.63. The molecule has 1 aliphatic rings. The molecule has 0 spiro atoms. The maximum absolute atomic E-state index is 12.8. The molecule has 2 heterocycles. The fraction of sp³-hybridized carbons (Fsp3) is 0.440. The van der Waals surface area contributed by atoms with E-state index in [1.54, 1.807) is 0 Å². The summed E-state index contributed by atoms with van der Waals surface area (Å²) in [5.41, 5.74) is -0.940. The van der Waals surface area contributed by atoms with Gasteiger partial charge in [-0.05, 0) is 43.2 Å². The van der Waals surface area contributed by atoms with Crippen molar-refractivity contribution in [1.82, 2.24) is 14.2 Å². The number of aromatic amines is 1. The Labute approximate surface area is 229 Å². The number of benzene rings is 1. The fourth-order valence-electron chi connectivity index (χ4n) is 4.33. The number of hydrogen-bond donors (Lipinski definition) is 4. The predicted octanol–water partition coefficient (Wildman–Crippen LogP) is 3.09. The summed E-state index contributed by atoms with van der Waals surface area (Å²) in [5.74, 6) is -0.908. The van der Waals surface area contributed by atoms with E-state index < -0.39 is 46.0 Å². The molecule has 1 aromatic carbocycles. The number of amides is 1. The van der Waals surface area contributed by atoms with Crippen LogP contribution in [0.3, 0.4) is 0 Å². The van der Waals surface area contributed by atoms with E-state index in [-0.39, 0.29) is 54.3 Å². The maximum atomic E-state index is 12.8. The predicted molar refractivity (Wildman–Crippen MR) is 143 cm³/mol. The lowest BCUT2D eigenvalue weighted by Crippen LogP contribution is -2.51. The van der Waals surface area contributed by atoms with Crippen LogP contribution >= 0.6 is 0 Å². The van der Waals surface area contributed by atoms with Crippen molar-refractivity contribution < 1.29 is 26.4 Å². The van der Waals surface area contributed by atoms with Crippen LogP contribution in [0.1, 0.15) is 37.7 Å². The summed E-state index contributed by atoms with van der Waals surface area (Å²) < 4.78 is 63.2. The highest BCUT2D eigenvalue weighted by Gasteiger charge is 2.37. The van der Waals surface area contributed by atoms with Crippen molar-refractivity contribution in [3.63, 3.8) is 0 Å². The van der Waals surface area contributed by atoms with Crippen molar-refractivity contribution in [2.75, 3.05) is 37.8 Å². The number of aromatic nitrogens is 1. The number of H-pyrrole nitrogens is 1. The standard InChI is InChI=1S/C25H30F3N7O4S/c1-34(2)40(38,39)18-5-3-17(4-6-18)32-22(30)21-19(8-14-31-23(21)37)33-24(10-13-29)11-15-35(16-12-24)20(36)7-9-25(26,27)28/h3-6,8,14H,7,9-12,15-16H2,1-2H3,(H2,30,32)(H2,31,33,37). The molecule has 0 unspecified atom stereocenters. The maximum Gasteiger partial charge on any atom is 0.389 e. The topological polar surface area (TPSA) is 162 Å². The van der Waals surface area contributed by atoms with Crippen LogP contribution < -0.4 is 16.2 Å². The second-order valence-corrected chi connectivity index (χ2v) is 11.8. The zero-order valence-electron chi connectivity index (χ0n) is 21.9. The Hall–Kier alpha value is -3.90. The van der Waals surface area contributed by atoms with Gasteiger partial charge in [-0.3, -0.25) is 15.0 Å². The van der Waals surface area contributed by atoms with E-state index >= 15 is 0 Å². The lowest BCUT2D eigenvalue weighted by Gasteiger charge is -2.42. The Balaban J connectivity index is 1.78. The number of nitriles is 1. The number of hydrogen-bond acceptors (Lipinski definition) is 7. The summed E-state index contributed by atoms with van der Waals surface area (Å²) in [5, 5.41) is 24.0. The quantitative estimate of drug-likeness (QED) is 0.261. The summed E-state index contributed by atoms with van der Waals surface area (Å²) in [6.07, 6.45) is -4.43. The summed E-state index contributed by atoms with van der Waals surface area (Å²) >= 11 is 0. The van der Waals surface area contributed by atoms with Crippen LogP contribution in [0.15, 0.2) is 46.2 Å². The molecule has 11 nitrogen and oxygen atoms in total. The highest BCUT2D eigenvalue weighted by atomic mass is 32.2. The molecule has 1 fully saturated rings. The number of carbonyl (C=O) groups is 1. The third-order valence-corrected chi connectivity index (χ3v) is 8.46. The Morgan fingerprint density at radius 2 is 1.82 bits per heavy atom. The molecule has 2 aromatic rings. The lowest BCUT2D eigenvalue weighted by molar-refractivity contribution is -0.149. The van der Waals surface area contributed by atoms with E-state index in [4.69, 9.17) is 5.41 Å². The van der Waals surface area contributed by atoms with Gasteiger partial charge in [-0.25, -0.2) is 12.7 Å². The molecule has 0 bridgehead atoms. The van der Waals surface area contributed by atoms with Crippen LogP contribution in [0, 0.1) is 16.7 Å². The number of nitrogens with one attached hydrogen (secondary N) is 4. The molecule has 0 radical (unpaired) electrons. The third kappa shape index (κ3) is 7.39. The summed E-state index contributed by atoms with van der Waals surface area (Å²) in [7, 11) is -0.840. The number of alkyl halides is 3. The Morgan fingerprint density at radius 3 is 2.38 bits per heavy atom. The normalized spacial score (nSPS) is 15.4. The highest BCUT2D eigenvalue weighted by molar-refractivity contribution is 7.89. The average molecular weight is 582 g/mol. The fourth-order valence-corrected chi connectivity index (χ4v) is 5.23. The van der Waals surface area contributed by atoms with Gasteiger partial charge in [0.05, 0.1) is 35.0 Å². The second kappa shape index (κ2) is 12.1. The lowest BCUT2D eigenvalue weighted by atomic mass is 9.84. The molecule has 1 amide bonds. The Bertz CT molecular complexity index is 1440. The van der Waals surface area contributed by atoms with E-state index in [9.17, 15) is 36.4 Å². The van der Waals surface area contributed by atoms with Crippen LogP contribution in [0.4, 0.5) is 24.5 Å². The molecule has 216 valence electrons. The van der Waals surface area contributed by atoms with Gasteiger partial charge in [0, 0.05) is 45.5 Å². The van der Waals surface area contributed by atoms with Crippen molar-refractivity contribution in [2.45, 2.75) is 48.7 Å². The Kier molecular flexibility index (Phi) is 9.26. The van der Waals surface area contributed by atoms with Gasteiger partial charge >= 0.3 is 6.18 Å². The van der Waals surface area contributed by atoms with E-state index in [2.05, 4.69) is 21.7 Å². The minimum Gasteiger partial charge on any atom is -0.378 e. The van der Waals surface area contributed by atoms with Crippen molar-refractivity contribution in [2.24, 2.45) is 0 Å². The molecule has 3 rings (SSSR count). The molecule has 0 aliphatic carbocycles. The van der Waals surface area contributed by atoms with Crippen molar-refractivity contribution in [1.29, 1.82) is 10.7 Å². The van der Waals surface area contributed by atoms with E-state index in [0.29, 0.717) is 5.69 Å². The van der Waals surface area contributed by atoms with E-state index in [0.717, 1.165) is 4.31 Å². The molecular formula is C25H30F3N7O4S. The zero-order valence-corrected chi connectivity index (χ0v) is 22.7. The molecule has 0 saturated carbocycles. The number of amidine groups is 1. The number of pyridine rings is 1. The zero-order chi connectivity index (χ0) is 29.7. The molecule has 1 aliphatic heterocycles. The summed E-state index contributed by atoms with van der Waals surface area (Å²) in [4.78, 5) is 28.9. The van der Waals surface area contributed by atoms with Gasteiger partial charge in [-0.15, -0.1) is 0 Å². The van der Waals surface area contributed by atoms with Crippen LogP contribution in [-0.2, 0) is 14.8 Å². The van der Waals surface area contributed by atoms with Crippen molar-refractivity contribution in [3.05, 3.63) is 52.4 Å². The van der Waals surface area contributed by atoms with Gasteiger partial charge in [0.2, 0.25) is 15.9 Å². The minimum absolute atomic E-state index is 0.00755. The van der Waals surface area contributed by atoms with Crippen LogP contribution in [0.2, 0.25) is 0 Å². The first-order valence-electron chi connectivity index (χ1n) is 12.3. The monoisotopic (exact) mass is 581 g/mol. The van der Waals surface area contributed by atoms with E-state index in [1.165, 1.54) is 55.5 Å². The number of piperidine rings is 1. The molecule has 0 atom stereocenters. The number of nitrogens with zero attached hydrogens (tertiary/aromatic N) is 3. The smallest absolute Gasteiger partial charge is 0.378 e. The Morgan fingerprint density at radius 1 is 1.20 bits per heavy atom. The van der Waals surface area contributed by atoms with Gasteiger partial charge in [0.25, 0.3) is 5.56 Å². The first-order valence-corrected chi connectivity index (χ1v) is 13.7. The van der Waals surface area contributed by atoms with Gasteiger partial charge in [0.15, 0.2) is 0 Å². The minimum atomic E-state index is -4.43. The molecule has 4 N–H and O–H groups in total. The summed E-state index contributed by atoms with van der Waals surface area (Å²) in [6.45, 7) is 0.254.